The maximum atomic E-state index is 11.5. The highest BCUT2D eigenvalue weighted by atomic mass is 16.4. The van der Waals surface area contributed by atoms with E-state index in [2.05, 4.69) is 11.5 Å². The highest BCUT2D eigenvalue weighted by Crippen LogP contribution is 2.26. The van der Waals surface area contributed by atoms with E-state index in [9.17, 15) is 15.0 Å². The predicted octanol–water partition coefficient (Wildman–Crippen LogP) is 5.28. The minimum Gasteiger partial charge on any atom is -0.478 e. The molecular formula is C26H26N2O3. The Kier molecular flexibility index (Phi) is 6.14. The van der Waals surface area contributed by atoms with Gasteiger partial charge in [0.25, 0.3) is 0 Å². The third kappa shape index (κ3) is 4.37. The largest absolute Gasteiger partial charge is 0.478 e. The first-order chi connectivity index (χ1) is 15.1. The van der Waals surface area contributed by atoms with E-state index in [0.717, 1.165) is 58.4 Å². The summed E-state index contributed by atoms with van der Waals surface area (Å²) in [5.41, 5.74) is 5.86. The summed E-state index contributed by atoms with van der Waals surface area (Å²) in [6.45, 7) is 2.87. The second-order valence-corrected chi connectivity index (χ2v) is 7.75. The number of carboxylic acid groups (broad SMARTS) is 1. The molecule has 158 valence electrons. The van der Waals surface area contributed by atoms with Gasteiger partial charge in [0.2, 0.25) is 0 Å². The van der Waals surface area contributed by atoms with Crippen LogP contribution in [0, 0.1) is 0 Å². The van der Waals surface area contributed by atoms with E-state index in [0.29, 0.717) is 12.1 Å². The Balaban J connectivity index is 1.67. The molecule has 0 atom stereocenters. The molecule has 2 N–H and O–H groups in total. The van der Waals surface area contributed by atoms with Gasteiger partial charge in [-0.05, 0) is 46.9 Å². The molecule has 0 saturated heterocycles. The zero-order valence-electron chi connectivity index (χ0n) is 17.6. The molecule has 0 bridgehead atoms. The number of nitrogens with zero attached hydrogens (tertiary/aromatic N) is 2. The van der Waals surface area contributed by atoms with Crippen LogP contribution < -0.4 is 0 Å². The fraction of sp³-hybridized carbons (Fsp3) is 0.231. The molecule has 5 heteroatoms. The van der Waals surface area contributed by atoms with E-state index in [1.807, 2.05) is 54.6 Å². The highest BCUT2D eigenvalue weighted by molar-refractivity contribution is 5.96. The zero-order chi connectivity index (χ0) is 21.8. The van der Waals surface area contributed by atoms with Crippen LogP contribution in [0.15, 0.2) is 66.7 Å². The van der Waals surface area contributed by atoms with Gasteiger partial charge in [-0.2, -0.15) is 0 Å². The normalized spacial score (nSPS) is 11.2. The Labute approximate surface area is 181 Å². The molecule has 0 saturated carbocycles. The summed E-state index contributed by atoms with van der Waals surface area (Å²) in [5, 5.41) is 18.9. The first kappa shape index (κ1) is 20.8. The van der Waals surface area contributed by atoms with Crippen molar-refractivity contribution in [2.75, 3.05) is 0 Å². The number of fused-ring (bicyclic) bond motifs is 1. The van der Waals surface area contributed by atoms with E-state index in [4.69, 9.17) is 4.98 Å². The Bertz CT molecular complexity index is 1210. The van der Waals surface area contributed by atoms with Gasteiger partial charge in [0.15, 0.2) is 0 Å². The Morgan fingerprint density at radius 1 is 1.00 bits per heavy atom. The summed E-state index contributed by atoms with van der Waals surface area (Å²) in [6, 6.07) is 21.0. The topological polar surface area (TPSA) is 75.4 Å². The number of carboxylic acids is 1. The lowest BCUT2D eigenvalue weighted by atomic mass is 9.99. The van der Waals surface area contributed by atoms with Crippen LogP contribution in [0.2, 0.25) is 0 Å². The number of imidazole rings is 1. The first-order valence-corrected chi connectivity index (χ1v) is 10.6. The number of aliphatic hydroxyl groups excluding tert-OH is 1. The first-order valence-electron chi connectivity index (χ1n) is 10.6. The van der Waals surface area contributed by atoms with Gasteiger partial charge in [-0.25, -0.2) is 9.78 Å². The molecule has 0 aliphatic carbocycles. The van der Waals surface area contributed by atoms with Gasteiger partial charge in [0.05, 0.1) is 23.2 Å². The molecule has 0 fully saturated rings. The van der Waals surface area contributed by atoms with Crippen molar-refractivity contribution in [3.05, 3.63) is 89.2 Å². The Morgan fingerprint density at radius 2 is 1.74 bits per heavy atom. The van der Waals surface area contributed by atoms with E-state index in [1.54, 1.807) is 12.1 Å². The fourth-order valence-electron chi connectivity index (χ4n) is 3.92. The van der Waals surface area contributed by atoms with Gasteiger partial charge in [0, 0.05) is 13.0 Å². The summed E-state index contributed by atoms with van der Waals surface area (Å²) < 4.78 is 2.24. The molecule has 31 heavy (non-hydrogen) atoms. The molecule has 1 aromatic heterocycles. The maximum absolute atomic E-state index is 11.5. The van der Waals surface area contributed by atoms with Crippen molar-refractivity contribution in [2.45, 2.75) is 39.3 Å². The lowest BCUT2D eigenvalue weighted by molar-refractivity contribution is 0.0697. The molecule has 0 unspecified atom stereocenters. The molecule has 3 aromatic carbocycles. The monoisotopic (exact) mass is 414 g/mol. The van der Waals surface area contributed by atoms with E-state index in [1.165, 1.54) is 0 Å². The van der Waals surface area contributed by atoms with Crippen molar-refractivity contribution < 1.29 is 15.0 Å². The minimum atomic E-state index is -0.924. The molecule has 4 rings (SSSR count). The smallest absolute Gasteiger partial charge is 0.336 e. The summed E-state index contributed by atoms with van der Waals surface area (Å²) in [6.07, 6.45) is 3.08. The lowest BCUT2D eigenvalue weighted by Gasteiger charge is -2.11. The summed E-state index contributed by atoms with van der Waals surface area (Å²) >= 11 is 0. The molecule has 0 radical (unpaired) electrons. The molecule has 4 aromatic rings. The molecule has 1 heterocycles. The van der Waals surface area contributed by atoms with Gasteiger partial charge >= 0.3 is 5.97 Å². The van der Waals surface area contributed by atoms with Crippen molar-refractivity contribution >= 4 is 17.0 Å². The van der Waals surface area contributed by atoms with Gasteiger partial charge in [-0.15, -0.1) is 0 Å². The third-order valence-corrected chi connectivity index (χ3v) is 5.59. The third-order valence-electron chi connectivity index (χ3n) is 5.59. The van der Waals surface area contributed by atoms with Crippen molar-refractivity contribution in [3.63, 3.8) is 0 Å². The van der Waals surface area contributed by atoms with Crippen LogP contribution in [0.5, 0.6) is 0 Å². The number of aromatic nitrogens is 2. The molecular weight excluding hydrogens is 388 g/mol. The van der Waals surface area contributed by atoms with E-state index < -0.39 is 5.97 Å². The number of hydrogen-bond donors (Lipinski definition) is 2. The van der Waals surface area contributed by atoms with Crippen LogP contribution in [-0.4, -0.2) is 25.7 Å². The van der Waals surface area contributed by atoms with Crippen LogP contribution in [0.25, 0.3) is 22.2 Å². The lowest BCUT2D eigenvalue weighted by Crippen LogP contribution is -2.05. The minimum absolute atomic E-state index is 0.00632. The SMILES string of the molecule is CCCCc1nc2cc(CO)ccc2n1Cc1ccc(-c2ccccc2C(=O)O)cc1. The summed E-state index contributed by atoms with van der Waals surface area (Å²) in [4.78, 5) is 16.4. The van der Waals surface area contributed by atoms with E-state index in [-0.39, 0.29) is 6.61 Å². The molecule has 0 spiro atoms. The number of aryl methyl sites for hydroxylation is 1. The molecule has 0 aliphatic rings. The summed E-state index contributed by atoms with van der Waals surface area (Å²) in [7, 11) is 0. The highest BCUT2D eigenvalue weighted by Gasteiger charge is 2.13. The van der Waals surface area contributed by atoms with E-state index >= 15 is 0 Å². The van der Waals surface area contributed by atoms with Crippen LogP contribution in [0.3, 0.4) is 0 Å². The zero-order valence-corrected chi connectivity index (χ0v) is 17.6. The van der Waals surface area contributed by atoms with Crippen molar-refractivity contribution in [2.24, 2.45) is 0 Å². The second kappa shape index (κ2) is 9.14. The summed E-state index contributed by atoms with van der Waals surface area (Å²) in [5.74, 6) is 0.125. The molecule has 5 nitrogen and oxygen atoms in total. The Morgan fingerprint density at radius 3 is 2.45 bits per heavy atom. The van der Waals surface area contributed by atoms with Crippen LogP contribution in [0.4, 0.5) is 0 Å². The molecule has 0 amide bonds. The average Bonchev–Trinajstić information content (AvgIpc) is 3.14. The number of aromatic carboxylic acids is 1. The van der Waals surface area contributed by atoms with Gasteiger partial charge in [-0.1, -0.05) is 61.9 Å². The predicted molar refractivity (Wildman–Crippen MR) is 122 cm³/mol. The van der Waals surface area contributed by atoms with Crippen LogP contribution in [-0.2, 0) is 19.6 Å². The van der Waals surface area contributed by atoms with Crippen molar-refractivity contribution in [3.8, 4) is 11.1 Å². The van der Waals surface area contributed by atoms with Crippen molar-refractivity contribution in [1.29, 1.82) is 0 Å². The average molecular weight is 415 g/mol. The number of aliphatic hydroxyl groups is 1. The number of benzene rings is 3. The quantitative estimate of drug-likeness (QED) is 0.411. The second-order valence-electron chi connectivity index (χ2n) is 7.75. The van der Waals surface area contributed by atoms with Crippen molar-refractivity contribution in [1.82, 2.24) is 9.55 Å². The Hall–Kier alpha value is -3.44. The molecule has 0 aliphatic heterocycles. The maximum Gasteiger partial charge on any atom is 0.336 e. The number of unbranched alkanes of at least 4 members (excludes halogenated alkanes) is 1. The van der Waals surface area contributed by atoms with Crippen LogP contribution >= 0.6 is 0 Å². The number of rotatable bonds is 8. The van der Waals surface area contributed by atoms with Gasteiger partial charge < -0.3 is 14.8 Å². The number of carbonyl (C=O) groups is 1. The standard InChI is InChI=1S/C26H26N2O3/c1-2-3-8-25-27-23-15-19(17-29)11-14-24(23)28(25)16-18-9-12-20(13-10-18)21-6-4-5-7-22(21)26(30)31/h4-7,9-15,29H,2-3,8,16-17H2,1H3,(H,30,31). The number of hydrogen-bond acceptors (Lipinski definition) is 3. The van der Waals surface area contributed by atoms with Crippen LogP contribution in [0.1, 0.15) is 47.1 Å². The fourth-order valence-corrected chi connectivity index (χ4v) is 3.92. The van der Waals surface area contributed by atoms with Gasteiger partial charge in [-0.3, -0.25) is 0 Å². The van der Waals surface area contributed by atoms with Gasteiger partial charge in [0.1, 0.15) is 5.82 Å².